The highest BCUT2D eigenvalue weighted by Gasteiger charge is 2.12. The van der Waals surface area contributed by atoms with Gasteiger partial charge in [0.05, 0.1) is 0 Å². The molecule has 0 spiro atoms. The van der Waals surface area contributed by atoms with Gasteiger partial charge in [-0.15, -0.1) is 5.10 Å². The summed E-state index contributed by atoms with van der Waals surface area (Å²) in [5, 5.41) is 12.0. The van der Waals surface area contributed by atoms with Crippen molar-refractivity contribution in [1.29, 1.82) is 0 Å². The third kappa shape index (κ3) is 3.65. The van der Waals surface area contributed by atoms with Crippen molar-refractivity contribution in [3.8, 4) is 0 Å². The van der Waals surface area contributed by atoms with E-state index in [1.165, 1.54) is 6.92 Å². The number of rotatable bonds is 4. The minimum Gasteiger partial charge on any atom is -0.326 e. The van der Waals surface area contributed by atoms with Crippen molar-refractivity contribution in [3.05, 3.63) is 35.4 Å². The lowest BCUT2D eigenvalue weighted by Crippen LogP contribution is -2.14. The number of benzene rings is 1. The second-order valence-corrected chi connectivity index (χ2v) is 4.62. The van der Waals surface area contributed by atoms with Gasteiger partial charge in [-0.25, -0.2) is 4.98 Å². The van der Waals surface area contributed by atoms with Crippen molar-refractivity contribution in [2.24, 2.45) is 0 Å². The molecule has 1 aromatic carbocycles. The zero-order valence-electron chi connectivity index (χ0n) is 12.2. The molecular formula is C14H17N5O2. The molecule has 0 bridgehead atoms. The van der Waals surface area contributed by atoms with Crippen molar-refractivity contribution < 1.29 is 9.59 Å². The second kappa shape index (κ2) is 6.17. The molecule has 0 atom stereocenters. The van der Waals surface area contributed by atoms with Crippen LogP contribution < -0.4 is 10.6 Å². The number of nitrogens with zero attached hydrogens (tertiary/aromatic N) is 2. The Balaban J connectivity index is 2.10. The average molecular weight is 287 g/mol. The van der Waals surface area contributed by atoms with Gasteiger partial charge in [-0.2, -0.15) is 0 Å². The Bertz CT molecular complexity index is 678. The monoisotopic (exact) mass is 287 g/mol. The van der Waals surface area contributed by atoms with E-state index in [0.29, 0.717) is 23.6 Å². The fourth-order valence-electron chi connectivity index (χ4n) is 1.81. The van der Waals surface area contributed by atoms with Crippen LogP contribution in [0, 0.1) is 6.92 Å². The first-order chi connectivity index (χ1) is 9.99. The maximum atomic E-state index is 12.0. The summed E-state index contributed by atoms with van der Waals surface area (Å²) >= 11 is 0. The van der Waals surface area contributed by atoms with E-state index in [4.69, 9.17) is 0 Å². The smallest absolute Gasteiger partial charge is 0.295 e. The highest BCUT2D eigenvalue weighted by molar-refractivity contribution is 6.01. The molecule has 0 fully saturated rings. The number of anilines is 2. The van der Waals surface area contributed by atoms with Crippen molar-refractivity contribution >= 4 is 23.2 Å². The molecular weight excluding hydrogens is 270 g/mol. The standard InChI is InChI=1S/C14H17N5O2/c1-4-12-17-13(19-18-12)14(21)16-10-5-6-11(8(2)7-10)15-9(3)20/h5-7H,4H2,1-3H3,(H,15,20)(H,16,21)(H,17,18,19). The SMILES string of the molecule is CCc1nc(C(=O)Nc2ccc(NC(C)=O)c(C)c2)n[nH]1. The lowest BCUT2D eigenvalue weighted by molar-refractivity contribution is -0.114. The van der Waals surface area contributed by atoms with Crippen LogP contribution in [0.3, 0.4) is 0 Å². The van der Waals surface area contributed by atoms with E-state index in [0.717, 1.165) is 5.56 Å². The number of hydrogen-bond donors (Lipinski definition) is 3. The molecule has 2 amide bonds. The molecule has 7 heteroatoms. The number of carbonyl (C=O) groups is 2. The summed E-state index contributed by atoms with van der Waals surface area (Å²) in [6.45, 7) is 5.22. The molecule has 1 heterocycles. The highest BCUT2D eigenvalue weighted by atomic mass is 16.2. The van der Waals surface area contributed by atoms with Crippen LogP contribution in [0.4, 0.5) is 11.4 Å². The molecule has 3 N–H and O–H groups in total. The highest BCUT2D eigenvalue weighted by Crippen LogP contribution is 2.20. The molecule has 1 aromatic heterocycles. The van der Waals surface area contributed by atoms with Gasteiger partial charge < -0.3 is 10.6 Å². The number of aromatic nitrogens is 3. The lowest BCUT2D eigenvalue weighted by atomic mass is 10.1. The third-order valence-electron chi connectivity index (χ3n) is 2.86. The fourth-order valence-corrected chi connectivity index (χ4v) is 1.81. The quantitative estimate of drug-likeness (QED) is 0.799. The molecule has 0 aliphatic rings. The zero-order chi connectivity index (χ0) is 15.4. The molecule has 0 unspecified atom stereocenters. The van der Waals surface area contributed by atoms with E-state index < -0.39 is 0 Å². The normalized spacial score (nSPS) is 10.2. The molecule has 7 nitrogen and oxygen atoms in total. The molecule has 0 saturated carbocycles. The van der Waals surface area contributed by atoms with Crippen LogP contribution >= 0.6 is 0 Å². The Morgan fingerprint density at radius 1 is 1.29 bits per heavy atom. The Hall–Kier alpha value is -2.70. The van der Waals surface area contributed by atoms with Gasteiger partial charge >= 0.3 is 0 Å². The summed E-state index contributed by atoms with van der Waals surface area (Å²) in [5.41, 5.74) is 2.19. The number of nitrogens with one attached hydrogen (secondary N) is 3. The summed E-state index contributed by atoms with van der Waals surface area (Å²) in [6, 6.07) is 5.22. The van der Waals surface area contributed by atoms with E-state index in [1.807, 2.05) is 13.8 Å². The zero-order valence-corrected chi connectivity index (χ0v) is 12.2. The van der Waals surface area contributed by atoms with Crippen molar-refractivity contribution in [2.45, 2.75) is 27.2 Å². The summed E-state index contributed by atoms with van der Waals surface area (Å²) < 4.78 is 0. The minimum atomic E-state index is -0.377. The van der Waals surface area contributed by atoms with Crippen LogP contribution in [0.2, 0.25) is 0 Å². The third-order valence-corrected chi connectivity index (χ3v) is 2.86. The van der Waals surface area contributed by atoms with E-state index in [2.05, 4.69) is 25.8 Å². The first-order valence-corrected chi connectivity index (χ1v) is 6.60. The summed E-state index contributed by atoms with van der Waals surface area (Å²) in [6.07, 6.45) is 0.685. The number of aryl methyl sites for hydroxylation is 2. The number of H-pyrrole nitrogens is 1. The maximum absolute atomic E-state index is 12.0. The molecule has 0 aliphatic heterocycles. The molecule has 110 valence electrons. The second-order valence-electron chi connectivity index (χ2n) is 4.62. The summed E-state index contributed by atoms with van der Waals surface area (Å²) in [7, 11) is 0. The van der Waals surface area contributed by atoms with Crippen molar-refractivity contribution in [3.63, 3.8) is 0 Å². The van der Waals surface area contributed by atoms with Crippen LogP contribution in [0.1, 0.15) is 35.9 Å². The molecule has 21 heavy (non-hydrogen) atoms. The van der Waals surface area contributed by atoms with Gasteiger partial charge in [-0.05, 0) is 30.7 Å². The van der Waals surface area contributed by atoms with E-state index in [9.17, 15) is 9.59 Å². The van der Waals surface area contributed by atoms with Gasteiger partial charge in [0.25, 0.3) is 5.91 Å². The minimum absolute atomic E-state index is 0.107. The van der Waals surface area contributed by atoms with Crippen molar-refractivity contribution in [2.75, 3.05) is 10.6 Å². The fraction of sp³-hybridized carbons (Fsp3) is 0.286. The molecule has 2 rings (SSSR count). The van der Waals surface area contributed by atoms with Gasteiger partial charge in [0.2, 0.25) is 11.7 Å². The number of amides is 2. The van der Waals surface area contributed by atoms with Gasteiger partial charge in [0.1, 0.15) is 5.82 Å². The van der Waals surface area contributed by atoms with Crippen LogP contribution in [0.5, 0.6) is 0 Å². The Kier molecular flexibility index (Phi) is 4.32. The van der Waals surface area contributed by atoms with E-state index in [-0.39, 0.29) is 17.6 Å². The average Bonchev–Trinajstić information content (AvgIpc) is 2.90. The van der Waals surface area contributed by atoms with Crippen LogP contribution in [-0.2, 0) is 11.2 Å². The van der Waals surface area contributed by atoms with Gasteiger partial charge in [0, 0.05) is 24.7 Å². The Morgan fingerprint density at radius 3 is 2.62 bits per heavy atom. The van der Waals surface area contributed by atoms with E-state index in [1.54, 1.807) is 18.2 Å². The predicted octanol–water partition coefficient (Wildman–Crippen LogP) is 1.89. The largest absolute Gasteiger partial charge is 0.326 e. The number of aromatic amines is 1. The topological polar surface area (TPSA) is 99.8 Å². The first-order valence-electron chi connectivity index (χ1n) is 6.60. The lowest BCUT2D eigenvalue weighted by Gasteiger charge is -2.09. The maximum Gasteiger partial charge on any atom is 0.295 e. The van der Waals surface area contributed by atoms with Crippen LogP contribution in [0.15, 0.2) is 18.2 Å². The molecule has 0 saturated heterocycles. The summed E-state index contributed by atoms with van der Waals surface area (Å²) in [5.74, 6) is 0.258. The predicted molar refractivity (Wildman–Crippen MR) is 79.2 cm³/mol. The van der Waals surface area contributed by atoms with Gasteiger partial charge in [-0.1, -0.05) is 6.92 Å². The molecule has 2 aromatic rings. The number of carbonyl (C=O) groups excluding carboxylic acids is 2. The van der Waals surface area contributed by atoms with Crippen LogP contribution in [-0.4, -0.2) is 27.0 Å². The number of hydrogen-bond acceptors (Lipinski definition) is 4. The first kappa shape index (κ1) is 14.7. The van der Waals surface area contributed by atoms with E-state index >= 15 is 0 Å². The molecule has 0 aliphatic carbocycles. The Labute approximate surface area is 122 Å². The van der Waals surface area contributed by atoms with Gasteiger partial charge in [-0.3, -0.25) is 14.7 Å². The van der Waals surface area contributed by atoms with Crippen LogP contribution in [0.25, 0.3) is 0 Å². The summed E-state index contributed by atoms with van der Waals surface area (Å²) in [4.78, 5) is 27.1. The Morgan fingerprint density at radius 2 is 2.05 bits per heavy atom. The molecule has 0 radical (unpaired) electrons. The van der Waals surface area contributed by atoms with Crippen molar-refractivity contribution in [1.82, 2.24) is 15.2 Å². The van der Waals surface area contributed by atoms with Gasteiger partial charge in [0.15, 0.2) is 0 Å².